The maximum Gasteiger partial charge on any atom is 0.313 e. The number of likely N-dealkylation sites (tertiary alicyclic amines) is 1. The van der Waals surface area contributed by atoms with Gasteiger partial charge in [0.2, 0.25) is 17.7 Å². The third-order valence-corrected chi connectivity index (χ3v) is 10.3. The summed E-state index contributed by atoms with van der Waals surface area (Å²) in [5.41, 5.74) is 0.349. The number of hydrogen-bond donors (Lipinski definition) is 2. The van der Waals surface area contributed by atoms with Crippen molar-refractivity contribution in [1.29, 1.82) is 0 Å². The molecule has 3 aliphatic heterocycles. The number of aliphatic hydroxyl groups excluding tert-OH is 1. The molecule has 0 saturated carbocycles. The van der Waals surface area contributed by atoms with E-state index in [9.17, 15) is 24.3 Å². The van der Waals surface area contributed by atoms with Crippen LogP contribution < -0.4 is 5.32 Å². The maximum absolute atomic E-state index is 14.8. The number of rotatable bonds is 17. The molecular weight excluding hydrogens is 634 g/mol. The molecule has 2 aromatic rings. The van der Waals surface area contributed by atoms with Gasteiger partial charge in [-0.3, -0.25) is 19.2 Å². The van der Waals surface area contributed by atoms with Crippen LogP contribution in [0.5, 0.6) is 0 Å². The van der Waals surface area contributed by atoms with E-state index in [0.717, 1.165) is 5.56 Å². The molecule has 3 fully saturated rings. The van der Waals surface area contributed by atoms with Crippen molar-refractivity contribution in [2.24, 2.45) is 17.8 Å². The van der Waals surface area contributed by atoms with Crippen LogP contribution in [0.4, 0.5) is 0 Å². The minimum absolute atomic E-state index is 0.120. The average Bonchev–Trinajstić information content (AvgIpc) is 3.76. The topological polar surface area (TPSA) is 125 Å². The Balaban J connectivity index is 1.49. The summed E-state index contributed by atoms with van der Waals surface area (Å²) in [5.74, 6) is -3.31. The van der Waals surface area contributed by atoms with Gasteiger partial charge in [-0.25, -0.2) is 0 Å². The molecule has 1 spiro atoms. The third-order valence-electron chi connectivity index (χ3n) is 10.3. The van der Waals surface area contributed by atoms with E-state index in [-0.39, 0.29) is 43.2 Å². The van der Waals surface area contributed by atoms with Crippen LogP contribution in [0.15, 0.2) is 86.0 Å². The van der Waals surface area contributed by atoms with Gasteiger partial charge in [-0.15, -0.1) is 13.2 Å². The lowest BCUT2D eigenvalue weighted by atomic mass is 9.70. The van der Waals surface area contributed by atoms with E-state index in [0.29, 0.717) is 37.8 Å². The summed E-state index contributed by atoms with van der Waals surface area (Å²) in [6.07, 6.45) is 3.98. The Labute approximate surface area is 295 Å². The first-order valence-electron chi connectivity index (χ1n) is 17.8. The van der Waals surface area contributed by atoms with Gasteiger partial charge in [-0.2, -0.15) is 0 Å². The van der Waals surface area contributed by atoms with Gasteiger partial charge in [0.1, 0.15) is 17.7 Å². The fourth-order valence-corrected chi connectivity index (χ4v) is 8.16. The second-order valence-corrected chi connectivity index (χ2v) is 14.2. The quantitative estimate of drug-likeness (QED) is 0.182. The van der Waals surface area contributed by atoms with E-state index < -0.39 is 53.7 Å². The van der Waals surface area contributed by atoms with Crippen molar-refractivity contribution in [1.82, 2.24) is 15.1 Å². The number of carbonyl (C=O) groups excluding carboxylic acids is 4. The summed E-state index contributed by atoms with van der Waals surface area (Å²) < 4.78 is 12.9. The standard InChI is InChI=1S/C40H51N3O7/c1-6-8-19-32(45)41-27(5)35(29-17-13-10-14-18-29)49-39(48)33-31-20-21-40(50-31)34(33)37(46)43(30(25-44)23-26(3)4)36(40)38(47)42(22-7-2)24-28-15-11-9-12-16-28/h6-7,9-18,26-27,30-31,33-36,44H,1-2,8,19-25H2,3-5H3,(H,41,45)/t27-,30-,31-,33+,34+,35-,36-,40+/m1/s1. The normalized spacial score (nSPS) is 25.5. The number of esters is 1. The van der Waals surface area contributed by atoms with Gasteiger partial charge in [0.25, 0.3) is 0 Å². The third kappa shape index (κ3) is 7.42. The Bertz CT molecular complexity index is 1530. The van der Waals surface area contributed by atoms with E-state index in [4.69, 9.17) is 9.47 Å². The molecule has 2 bridgehead atoms. The smallest absolute Gasteiger partial charge is 0.313 e. The van der Waals surface area contributed by atoms with Gasteiger partial charge >= 0.3 is 5.97 Å². The molecule has 10 heteroatoms. The number of fused-ring (bicyclic) bond motifs is 1. The van der Waals surface area contributed by atoms with Gasteiger partial charge in [0, 0.05) is 19.5 Å². The van der Waals surface area contributed by atoms with Crippen molar-refractivity contribution in [3.05, 3.63) is 97.1 Å². The zero-order valence-electron chi connectivity index (χ0n) is 29.4. The Morgan fingerprint density at radius 1 is 1.08 bits per heavy atom. The number of carbonyl (C=O) groups is 4. The van der Waals surface area contributed by atoms with Crippen LogP contribution >= 0.6 is 0 Å². The maximum atomic E-state index is 14.8. The van der Waals surface area contributed by atoms with E-state index in [1.165, 1.54) is 4.90 Å². The van der Waals surface area contributed by atoms with Crippen molar-refractivity contribution in [2.45, 2.75) is 95.4 Å². The molecule has 0 aliphatic carbocycles. The first kappa shape index (κ1) is 37.0. The predicted molar refractivity (Wildman–Crippen MR) is 189 cm³/mol. The van der Waals surface area contributed by atoms with Gasteiger partial charge < -0.3 is 29.7 Å². The second-order valence-electron chi connectivity index (χ2n) is 14.2. The summed E-state index contributed by atoms with van der Waals surface area (Å²) in [7, 11) is 0. The van der Waals surface area contributed by atoms with Crippen LogP contribution in [-0.2, 0) is 35.2 Å². The molecule has 5 rings (SSSR count). The SMILES string of the molecule is C=CCCC(=O)N[C@H](C)[C@@H](OC(=O)[C@@H]1[C@H]2C(=O)N([C@@H](CO)CC(C)C)[C@H](C(=O)N(CC=C)Cc3ccccc3)[C@]23CC[C@H]1O3)c1ccccc1. The van der Waals surface area contributed by atoms with Crippen molar-refractivity contribution in [3.63, 3.8) is 0 Å². The number of hydrogen-bond acceptors (Lipinski definition) is 7. The molecule has 0 radical (unpaired) electrons. The highest BCUT2D eigenvalue weighted by atomic mass is 16.6. The second kappa shape index (κ2) is 16.2. The number of aliphatic hydroxyl groups is 1. The van der Waals surface area contributed by atoms with Crippen molar-refractivity contribution >= 4 is 23.7 Å². The van der Waals surface area contributed by atoms with Gasteiger partial charge in [0.05, 0.1) is 36.6 Å². The fourth-order valence-electron chi connectivity index (χ4n) is 8.16. The number of ether oxygens (including phenoxy) is 2. The predicted octanol–water partition coefficient (Wildman–Crippen LogP) is 4.74. The lowest BCUT2D eigenvalue weighted by molar-refractivity contribution is -0.162. The summed E-state index contributed by atoms with van der Waals surface area (Å²) >= 11 is 0. The van der Waals surface area contributed by atoms with E-state index in [2.05, 4.69) is 18.5 Å². The zero-order chi connectivity index (χ0) is 36.0. The Hall–Kier alpha value is -4.28. The summed E-state index contributed by atoms with van der Waals surface area (Å²) in [4.78, 5) is 59.8. The molecule has 8 atom stereocenters. The molecule has 3 amide bonds. The minimum Gasteiger partial charge on any atom is -0.455 e. The summed E-state index contributed by atoms with van der Waals surface area (Å²) in [5, 5.41) is 13.6. The first-order chi connectivity index (χ1) is 24.1. The Kier molecular flexibility index (Phi) is 12.0. The molecule has 2 aromatic carbocycles. The van der Waals surface area contributed by atoms with Gasteiger partial charge in [-0.05, 0) is 49.7 Å². The van der Waals surface area contributed by atoms with Crippen LogP contribution in [0.25, 0.3) is 0 Å². The molecular formula is C40H51N3O7. The summed E-state index contributed by atoms with van der Waals surface area (Å²) in [6, 6.07) is 16.5. The lowest BCUT2D eigenvalue weighted by Gasteiger charge is -2.39. The zero-order valence-corrected chi connectivity index (χ0v) is 29.4. The van der Waals surface area contributed by atoms with Crippen LogP contribution in [0, 0.1) is 17.8 Å². The van der Waals surface area contributed by atoms with Crippen LogP contribution in [-0.4, -0.2) is 81.6 Å². The number of amides is 3. The first-order valence-corrected chi connectivity index (χ1v) is 17.8. The highest BCUT2D eigenvalue weighted by Gasteiger charge is 2.75. The molecule has 3 saturated heterocycles. The number of benzene rings is 2. The molecule has 3 aliphatic rings. The van der Waals surface area contributed by atoms with Gasteiger partial charge in [0.15, 0.2) is 0 Å². The fraction of sp³-hybridized carbons (Fsp3) is 0.500. The van der Waals surface area contributed by atoms with Crippen molar-refractivity contribution < 1.29 is 33.8 Å². The average molecular weight is 686 g/mol. The molecule has 50 heavy (non-hydrogen) atoms. The minimum atomic E-state index is -1.27. The highest BCUT2D eigenvalue weighted by molar-refractivity contribution is 5.98. The van der Waals surface area contributed by atoms with Crippen LogP contribution in [0.2, 0.25) is 0 Å². The molecule has 0 aromatic heterocycles. The van der Waals surface area contributed by atoms with Gasteiger partial charge in [-0.1, -0.05) is 86.7 Å². The van der Waals surface area contributed by atoms with Crippen LogP contribution in [0.3, 0.4) is 0 Å². The Morgan fingerprint density at radius 2 is 1.76 bits per heavy atom. The van der Waals surface area contributed by atoms with Crippen LogP contribution in [0.1, 0.15) is 70.1 Å². The van der Waals surface area contributed by atoms with Crippen molar-refractivity contribution in [2.75, 3.05) is 13.2 Å². The Morgan fingerprint density at radius 3 is 2.38 bits per heavy atom. The lowest BCUT2D eigenvalue weighted by Crippen LogP contribution is -2.58. The van der Waals surface area contributed by atoms with E-state index >= 15 is 0 Å². The van der Waals surface area contributed by atoms with Crippen molar-refractivity contribution in [3.8, 4) is 0 Å². The van der Waals surface area contributed by atoms with E-state index in [1.54, 1.807) is 24.0 Å². The molecule has 2 N–H and O–H groups in total. The molecule has 268 valence electrons. The number of nitrogens with one attached hydrogen (secondary N) is 1. The molecule has 3 heterocycles. The highest BCUT2D eigenvalue weighted by Crippen LogP contribution is 2.59. The molecule has 10 nitrogen and oxygen atoms in total. The molecule has 0 unspecified atom stereocenters. The monoisotopic (exact) mass is 685 g/mol. The summed E-state index contributed by atoms with van der Waals surface area (Å²) in [6.45, 7) is 13.6. The number of nitrogens with zero attached hydrogens (tertiary/aromatic N) is 2. The largest absolute Gasteiger partial charge is 0.455 e. The number of allylic oxidation sites excluding steroid dienone is 1. The van der Waals surface area contributed by atoms with E-state index in [1.807, 2.05) is 74.5 Å².